The summed E-state index contributed by atoms with van der Waals surface area (Å²) in [4.78, 5) is 38.6. The van der Waals surface area contributed by atoms with Crippen molar-refractivity contribution >= 4 is 40.3 Å². The summed E-state index contributed by atoms with van der Waals surface area (Å²) < 4.78 is 21.6. The first-order chi connectivity index (χ1) is 19.7. The highest BCUT2D eigenvalue weighted by Crippen LogP contribution is 2.39. The molecule has 1 atom stereocenters. The molecule has 0 saturated carbocycles. The molecule has 1 heterocycles. The lowest BCUT2D eigenvalue weighted by atomic mass is 9.95. The molecule has 1 aliphatic rings. The molecule has 3 amide bonds. The van der Waals surface area contributed by atoms with Gasteiger partial charge in [0.25, 0.3) is 17.7 Å². The number of amides is 3. The van der Waals surface area contributed by atoms with Crippen molar-refractivity contribution in [2.24, 2.45) is 10.8 Å². The lowest BCUT2D eigenvalue weighted by molar-refractivity contribution is -0.127. The molecule has 1 aliphatic carbocycles. The molecule has 216 valence electrons. The first kappa shape index (κ1) is 29.4. The number of nitrogens with zero attached hydrogens (tertiary/aromatic N) is 1. The van der Waals surface area contributed by atoms with Gasteiger partial charge in [-0.1, -0.05) is 0 Å². The van der Waals surface area contributed by atoms with Crippen molar-refractivity contribution in [3.05, 3.63) is 63.5 Å². The van der Waals surface area contributed by atoms with Gasteiger partial charge in [-0.2, -0.15) is 5.10 Å². The van der Waals surface area contributed by atoms with E-state index in [1.54, 1.807) is 43.3 Å². The second kappa shape index (κ2) is 13.2. The highest BCUT2D eigenvalue weighted by Gasteiger charge is 2.25. The van der Waals surface area contributed by atoms with Crippen molar-refractivity contribution in [2.75, 3.05) is 26.6 Å². The summed E-state index contributed by atoms with van der Waals surface area (Å²) in [5, 5.41) is 7.31. The molecule has 0 saturated heterocycles. The van der Waals surface area contributed by atoms with Crippen LogP contribution in [0.2, 0.25) is 0 Å². The van der Waals surface area contributed by atoms with Crippen LogP contribution in [0, 0.1) is 0 Å². The van der Waals surface area contributed by atoms with E-state index in [1.807, 2.05) is 0 Å². The van der Waals surface area contributed by atoms with E-state index >= 15 is 0 Å². The van der Waals surface area contributed by atoms with Crippen molar-refractivity contribution in [1.82, 2.24) is 5.43 Å². The SMILES string of the molecule is COc1cc(C=NNC(=O)C(C)Oc2ccc(C(=O)Nc3sc4c(c3C(N)=O)CCCC4)cc2)cc(OC)c1OC. The maximum Gasteiger partial charge on any atom is 0.280 e. The molecule has 1 aromatic heterocycles. The number of ether oxygens (including phenoxy) is 4. The first-order valence-corrected chi connectivity index (χ1v) is 13.7. The first-order valence-electron chi connectivity index (χ1n) is 12.9. The van der Waals surface area contributed by atoms with E-state index in [2.05, 4.69) is 15.8 Å². The van der Waals surface area contributed by atoms with Gasteiger partial charge in [0.15, 0.2) is 17.6 Å². The number of nitrogens with two attached hydrogens (primary N) is 1. The molecule has 0 bridgehead atoms. The second-order valence-electron chi connectivity index (χ2n) is 9.21. The van der Waals surface area contributed by atoms with Crippen LogP contribution in [-0.4, -0.2) is 51.4 Å². The van der Waals surface area contributed by atoms with E-state index in [0.29, 0.717) is 44.7 Å². The Kier molecular flexibility index (Phi) is 9.45. The Balaban J connectivity index is 1.35. The van der Waals surface area contributed by atoms with Crippen LogP contribution in [-0.2, 0) is 17.6 Å². The molecule has 1 unspecified atom stereocenters. The molecule has 3 aromatic rings. The average Bonchev–Trinajstić information content (AvgIpc) is 3.34. The number of hydrazone groups is 1. The third kappa shape index (κ3) is 6.77. The average molecular weight is 581 g/mol. The predicted octanol–water partition coefficient (Wildman–Crippen LogP) is 3.92. The van der Waals surface area contributed by atoms with Crippen LogP contribution < -0.4 is 35.4 Å². The van der Waals surface area contributed by atoms with Crippen LogP contribution in [0.4, 0.5) is 5.00 Å². The molecule has 4 N–H and O–H groups in total. The van der Waals surface area contributed by atoms with Crippen LogP contribution in [0.15, 0.2) is 41.5 Å². The lowest BCUT2D eigenvalue weighted by Crippen LogP contribution is -2.33. The van der Waals surface area contributed by atoms with Crippen molar-refractivity contribution in [1.29, 1.82) is 0 Å². The number of rotatable bonds is 11. The van der Waals surface area contributed by atoms with Gasteiger partial charge >= 0.3 is 0 Å². The maximum atomic E-state index is 12.9. The number of hydrogen-bond acceptors (Lipinski definition) is 9. The van der Waals surface area contributed by atoms with Crippen LogP contribution in [0.1, 0.15) is 56.5 Å². The Morgan fingerprint density at radius 2 is 1.66 bits per heavy atom. The predicted molar refractivity (Wildman–Crippen MR) is 156 cm³/mol. The number of carbonyl (C=O) groups is 3. The zero-order valence-electron chi connectivity index (χ0n) is 23.2. The fourth-order valence-corrected chi connectivity index (χ4v) is 5.76. The van der Waals surface area contributed by atoms with Gasteiger partial charge in [-0.25, -0.2) is 5.43 Å². The molecule has 0 radical (unpaired) electrons. The summed E-state index contributed by atoms with van der Waals surface area (Å²) in [7, 11) is 4.52. The summed E-state index contributed by atoms with van der Waals surface area (Å²) in [6.45, 7) is 1.58. The second-order valence-corrected chi connectivity index (χ2v) is 10.3. The maximum absolute atomic E-state index is 12.9. The molecule has 0 fully saturated rings. The summed E-state index contributed by atoms with van der Waals surface area (Å²) in [6.07, 6.45) is 4.28. The van der Waals surface area contributed by atoms with E-state index < -0.39 is 17.9 Å². The van der Waals surface area contributed by atoms with Gasteiger partial charge in [0.1, 0.15) is 10.8 Å². The summed E-state index contributed by atoms with van der Waals surface area (Å²) in [5.41, 5.74) is 10.4. The van der Waals surface area contributed by atoms with Crippen molar-refractivity contribution in [3.8, 4) is 23.0 Å². The zero-order valence-corrected chi connectivity index (χ0v) is 24.1. The van der Waals surface area contributed by atoms with Gasteiger partial charge in [0, 0.05) is 16.0 Å². The molecule has 11 nitrogen and oxygen atoms in total. The number of thiophene rings is 1. The Morgan fingerprint density at radius 1 is 1.00 bits per heavy atom. The molecule has 41 heavy (non-hydrogen) atoms. The standard InChI is InChI=1S/C29H32N4O7S/c1-16(27(35)33-31-15-17-13-21(37-2)25(39-4)22(14-17)38-3)40-19-11-9-18(10-12-19)28(36)32-29-24(26(30)34)20-7-5-6-8-23(20)41-29/h9-16H,5-8H2,1-4H3,(H2,30,34)(H,32,36)(H,33,35). The lowest BCUT2D eigenvalue weighted by Gasteiger charge is -2.14. The fraction of sp³-hybridized carbons (Fsp3) is 0.310. The van der Waals surface area contributed by atoms with Gasteiger partial charge in [-0.15, -0.1) is 11.3 Å². The summed E-state index contributed by atoms with van der Waals surface area (Å²) >= 11 is 1.41. The third-order valence-electron chi connectivity index (χ3n) is 6.52. The van der Waals surface area contributed by atoms with E-state index in [9.17, 15) is 14.4 Å². The molecule has 12 heteroatoms. The highest BCUT2D eigenvalue weighted by molar-refractivity contribution is 7.17. The number of primary amides is 1. The van der Waals surface area contributed by atoms with Gasteiger partial charge in [-0.05, 0) is 74.6 Å². The topological polar surface area (TPSA) is 151 Å². The minimum atomic E-state index is -0.873. The van der Waals surface area contributed by atoms with Gasteiger partial charge < -0.3 is 30.0 Å². The number of carbonyl (C=O) groups excluding carboxylic acids is 3. The largest absolute Gasteiger partial charge is 0.493 e. The minimum absolute atomic E-state index is 0.367. The molecule has 2 aromatic carbocycles. The van der Waals surface area contributed by atoms with Gasteiger partial charge in [0.05, 0.1) is 33.1 Å². The van der Waals surface area contributed by atoms with Crippen LogP contribution in [0.25, 0.3) is 0 Å². The number of aryl methyl sites for hydroxylation is 1. The minimum Gasteiger partial charge on any atom is -0.493 e. The van der Waals surface area contributed by atoms with E-state index in [1.165, 1.54) is 38.9 Å². The van der Waals surface area contributed by atoms with Crippen LogP contribution in [0.5, 0.6) is 23.0 Å². The normalized spacial score (nSPS) is 13.2. The zero-order chi connectivity index (χ0) is 29.5. The van der Waals surface area contributed by atoms with Gasteiger partial charge in [0.2, 0.25) is 5.75 Å². The Labute approximate surface area is 241 Å². The Morgan fingerprint density at radius 3 is 2.27 bits per heavy atom. The van der Waals surface area contributed by atoms with E-state index in [0.717, 1.165) is 36.1 Å². The number of anilines is 1. The Bertz CT molecular complexity index is 1440. The van der Waals surface area contributed by atoms with Crippen LogP contribution in [0.3, 0.4) is 0 Å². The summed E-state index contributed by atoms with van der Waals surface area (Å²) in [5.74, 6) is 0.362. The van der Waals surface area contributed by atoms with Crippen molar-refractivity contribution in [2.45, 2.75) is 38.7 Å². The molecular weight excluding hydrogens is 548 g/mol. The smallest absolute Gasteiger partial charge is 0.280 e. The monoisotopic (exact) mass is 580 g/mol. The quantitative estimate of drug-likeness (QED) is 0.230. The molecule has 0 spiro atoms. The number of nitrogens with one attached hydrogen (secondary N) is 2. The molecule has 4 rings (SSSR count). The number of fused-ring (bicyclic) bond motifs is 1. The third-order valence-corrected chi connectivity index (χ3v) is 7.73. The van der Waals surface area contributed by atoms with Crippen molar-refractivity contribution in [3.63, 3.8) is 0 Å². The molecule has 0 aliphatic heterocycles. The Hall–Kier alpha value is -4.58. The van der Waals surface area contributed by atoms with Crippen molar-refractivity contribution < 1.29 is 33.3 Å². The number of benzene rings is 2. The van der Waals surface area contributed by atoms with E-state index in [-0.39, 0.29) is 5.91 Å². The highest BCUT2D eigenvalue weighted by atomic mass is 32.1. The summed E-state index contributed by atoms with van der Waals surface area (Å²) in [6, 6.07) is 9.72. The molecular formula is C29H32N4O7S. The van der Waals surface area contributed by atoms with E-state index in [4.69, 9.17) is 24.7 Å². The van der Waals surface area contributed by atoms with Gasteiger partial charge in [-0.3, -0.25) is 14.4 Å². The number of hydrogen-bond donors (Lipinski definition) is 3. The number of methoxy groups -OCH3 is 3. The van der Waals surface area contributed by atoms with Crippen LogP contribution >= 0.6 is 11.3 Å². The fourth-order valence-electron chi connectivity index (χ4n) is 4.47.